The SMILES string of the molecule is C=C(NC)C(CCC=O)N1Cc2nccc(C)c2C1=C. The summed E-state index contributed by atoms with van der Waals surface area (Å²) < 4.78 is 0. The summed E-state index contributed by atoms with van der Waals surface area (Å²) in [5, 5.41) is 3.10. The van der Waals surface area contributed by atoms with Crippen LogP contribution in [0.25, 0.3) is 5.70 Å². The number of hydrogen-bond donors (Lipinski definition) is 1. The third-order valence-electron chi connectivity index (χ3n) is 3.85. The molecule has 0 fully saturated rings. The number of fused-ring (bicyclic) bond motifs is 1. The van der Waals surface area contributed by atoms with Crippen molar-refractivity contribution in [1.82, 2.24) is 15.2 Å². The van der Waals surface area contributed by atoms with Crippen LogP contribution >= 0.6 is 0 Å². The minimum atomic E-state index is 0.0614. The molecule has 2 heterocycles. The quantitative estimate of drug-likeness (QED) is 0.806. The van der Waals surface area contributed by atoms with Gasteiger partial charge in [0, 0.05) is 36.6 Å². The van der Waals surface area contributed by atoms with E-state index in [2.05, 4.69) is 35.3 Å². The summed E-state index contributed by atoms with van der Waals surface area (Å²) in [6.45, 7) is 11.1. The first-order chi connectivity index (χ1) is 9.60. The van der Waals surface area contributed by atoms with Gasteiger partial charge in [0.2, 0.25) is 0 Å². The molecule has 4 nitrogen and oxygen atoms in total. The van der Waals surface area contributed by atoms with Crippen LogP contribution in [0.4, 0.5) is 0 Å². The van der Waals surface area contributed by atoms with Crippen LogP contribution in [0.2, 0.25) is 0 Å². The highest BCUT2D eigenvalue weighted by molar-refractivity contribution is 5.70. The zero-order chi connectivity index (χ0) is 14.7. The van der Waals surface area contributed by atoms with Crippen LogP contribution in [0.15, 0.2) is 31.1 Å². The molecule has 0 radical (unpaired) electrons. The molecule has 4 heteroatoms. The van der Waals surface area contributed by atoms with Gasteiger partial charge in [-0.1, -0.05) is 13.2 Å². The summed E-state index contributed by atoms with van der Waals surface area (Å²) in [7, 11) is 1.85. The van der Waals surface area contributed by atoms with Crippen molar-refractivity contribution in [3.05, 3.63) is 47.9 Å². The van der Waals surface area contributed by atoms with E-state index in [1.807, 2.05) is 19.3 Å². The molecule has 2 rings (SSSR count). The topological polar surface area (TPSA) is 45.2 Å². The van der Waals surface area contributed by atoms with Gasteiger partial charge in [-0.25, -0.2) is 0 Å². The number of carbonyl (C=O) groups is 1. The summed E-state index contributed by atoms with van der Waals surface area (Å²) in [4.78, 5) is 17.3. The van der Waals surface area contributed by atoms with Crippen LogP contribution in [0.5, 0.6) is 0 Å². The molecule has 0 aliphatic carbocycles. The van der Waals surface area contributed by atoms with E-state index >= 15 is 0 Å². The number of nitrogens with zero attached hydrogens (tertiary/aromatic N) is 2. The predicted molar refractivity (Wildman–Crippen MR) is 80.8 cm³/mol. The Bertz CT molecular complexity index is 551. The smallest absolute Gasteiger partial charge is 0.120 e. The van der Waals surface area contributed by atoms with Gasteiger partial charge in [0.1, 0.15) is 6.29 Å². The Morgan fingerprint density at radius 1 is 1.65 bits per heavy atom. The van der Waals surface area contributed by atoms with Crippen molar-refractivity contribution in [1.29, 1.82) is 0 Å². The molecular formula is C16H21N3O. The molecule has 20 heavy (non-hydrogen) atoms. The number of nitrogens with one attached hydrogen (secondary N) is 1. The van der Waals surface area contributed by atoms with Gasteiger partial charge in [-0.3, -0.25) is 4.98 Å². The average Bonchev–Trinajstić information content (AvgIpc) is 2.77. The Labute approximate surface area is 120 Å². The van der Waals surface area contributed by atoms with E-state index in [0.29, 0.717) is 6.42 Å². The third-order valence-corrected chi connectivity index (χ3v) is 3.85. The second-order valence-corrected chi connectivity index (χ2v) is 5.06. The third kappa shape index (κ3) is 2.46. The van der Waals surface area contributed by atoms with Gasteiger partial charge in [0.15, 0.2) is 0 Å². The molecule has 1 aromatic heterocycles. The highest BCUT2D eigenvalue weighted by Crippen LogP contribution is 2.36. The van der Waals surface area contributed by atoms with E-state index < -0.39 is 0 Å². The van der Waals surface area contributed by atoms with Gasteiger partial charge >= 0.3 is 0 Å². The molecule has 1 unspecified atom stereocenters. The maximum absolute atomic E-state index is 10.7. The molecule has 0 amide bonds. The maximum Gasteiger partial charge on any atom is 0.120 e. The lowest BCUT2D eigenvalue weighted by molar-refractivity contribution is -0.108. The molecule has 0 spiro atoms. The first-order valence-corrected chi connectivity index (χ1v) is 6.80. The van der Waals surface area contributed by atoms with Crippen molar-refractivity contribution in [2.75, 3.05) is 7.05 Å². The normalized spacial score (nSPS) is 14.9. The Morgan fingerprint density at radius 3 is 3.00 bits per heavy atom. The van der Waals surface area contributed by atoms with Gasteiger partial charge in [0.25, 0.3) is 0 Å². The number of aromatic nitrogens is 1. The summed E-state index contributed by atoms with van der Waals surface area (Å²) in [6, 6.07) is 2.06. The lowest BCUT2D eigenvalue weighted by Crippen LogP contribution is -2.35. The van der Waals surface area contributed by atoms with E-state index in [1.165, 1.54) is 5.56 Å². The highest BCUT2D eigenvalue weighted by atomic mass is 16.1. The summed E-state index contributed by atoms with van der Waals surface area (Å²) in [5.41, 5.74) is 5.24. The zero-order valence-electron chi connectivity index (χ0n) is 12.1. The number of carbonyl (C=O) groups excluding carboxylic acids is 1. The van der Waals surface area contributed by atoms with E-state index in [0.717, 1.165) is 41.9 Å². The fourth-order valence-electron chi connectivity index (χ4n) is 2.74. The predicted octanol–water partition coefficient (Wildman–Crippen LogP) is 2.26. The molecule has 1 aliphatic heterocycles. The van der Waals surface area contributed by atoms with Gasteiger partial charge in [-0.15, -0.1) is 0 Å². The lowest BCUT2D eigenvalue weighted by Gasteiger charge is -2.31. The van der Waals surface area contributed by atoms with Crippen molar-refractivity contribution in [2.45, 2.75) is 32.4 Å². The van der Waals surface area contributed by atoms with Crippen molar-refractivity contribution in [3.8, 4) is 0 Å². The average molecular weight is 271 g/mol. The molecule has 106 valence electrons. The van der Waals surface area contributed by atoms with Crippen LogP contribution in [-0.4, -0.2) is 29.3 Å². The molecule has 1 aromatic rings. The fraction of sp³-hybridized carbons (Fsp3) is 0.375. The molecule has 1 atom stereocenters. The van der Waals surface area contributed by atoms with E-state index in [9.17, 15) is 4.79 Å². The number of aryl methyl sites for hydroxylation is 1. The molecule has 0 aromatic carbocycles. The van der Waals surface area contributed by atoms with E-state index in [-0.39, 0.29) is 6.04 Å². The second-order valence-electron chi connectivity index (χ2n) is 5.06. The van der Waals surface area contributed by atoms with Crippen LogP contribution < -0.4 is 5.32 Å². The Kier molecular flexibility index (Phi) is 4.23. The summed E-state index contributed by atoms with van der Waals surface area (Å²) in [6.07, 6.45) is 4.02. The van der Waals surface area contributed by atoms with Crippen LogP contribution in [-0.2, 0) is 11.3 Å². The number of rotatable bonds is 6. The largest absolute Gasteiger partial charge is 0.390 e. The summed E-state index contributed by atoms with van der Waals surface area (Å²) in [5.74, 6) is 0. The number of aldehydes is 1. The lowest BCUT2D eigenvalue weighted by atomic mass is 10.1. The molecule has 0 bridgehead atoms. The molecule has 0 saturated carbocycles. The number of pyridine rings is 1. The maximum atomic E-state index is 10.7. The van der Waals surface area contributed by atoms with Crippen molar-refractivity contribution < 1.29 is 4.79 Å². The fourth-order valence-corrected chi connectivity index (χ4v) is 2.74. The second kappa shape index (κ2) is 5.90. The molecular weight excluding hydrogens is 250 g/mol. The minimum Gasteiger partial charge on any atom is -0.390 e. The van der Waals surface area contributed by atoms with Crippen LogP contribution in [0, 0.1) is 6.92 Å². The first kappa shape index (κ1) is 14.3. The first-order valence-electron chi connectivity index (χ1n) is 6.80. The Morgan fingerprint density at radius 2 is 2.40 bits per heavy atom. The van der Waals surface area contributed by atoms with Crippen LogP contribution in [0.1, 0.15) is 29.7 Å². The van der Waals surface area contributed by atoms with E-state index in [1.54, 1.807) is 0 Å². The molecule has 1 N–H and O–H groups in total. The standard InChI is InChI=1S/C16H21N3O/c1-11-7-8-18-14-10-19(13(3)16(11)14)15(6-5-9-20)12(2)17-4/h7-9,15,17H,2-3,5-6,10H2,1,4H3. The Balaban J connectivity index is 2.29. The zero-order valence-corrected chi connectivity index (χ0v) is 12.1. The van der Waals surface area contributed by atoms with Crippen LogP contribution in [0.3, 0.4) is 0 Å². The minimum absolute atomic E-state index is 0.0614. The summed E-state index contributed by atoms with van der Waals surface area (Å²) >= 11 is 0. The molecule has 1 aliphatic rings. The Hall–Kier alpha value is -2.10. The van der Waals surface area contributed by atoms with Gasteiger partial charge in [0.05, 0.1) is 18.3 Å². The van der Waals surface area contributed by atoms with Gasteiger partial charge < -0.3 is 15.0 Å². The number of hydrogen-bond acceptors (Lipinski definition) is 4. The van der Waals surface area contributed by atoms with E-state index in [4.69, 9.17) is 0 Å². The van der Waals surface area contributed by atoms with Gasteiger partial charge in [-0.05, 0) is 25.0 Å². The monoisotopic (exact) mass is 271 g/mol. The number of likely N-dealkylation sites (N-methyl/N-ethyl adjacent to an activating group) is 1. The molecule has 0 saturated heterocycles. The van der Waals surface area contributed by atoms with Crippen molar-refractivity contribution in [3.63, 3.8) is 0 Å². The van der Waals surface area contributed by atoms with Crippen molar-refractivity contribution in [2.24, 2.45) is 0 Å². The van der Waals surface area contributed by atoms with Gasteiger partial charge in [-0.2, -0.15) is 0 Å². The highest BCUT2D eigenvalue weighted by Gasteiger charge is 2.31. The van der Waals surface area contributed by atoms with Crippen molar-refractivity contribution >= 4 is 12.0 Å².